The van der Waals surface area contributed by atoms with Gasteiger partial charge in [-0.1, -0.05) is 24.3 Å². The number of para-hydroxylation sites is 1. The number of allylic oxidation sites excluding steroid dienone is 1. The molecular formula is C24H32N2O4+2. The maximum absolute atomic E-state index is 10.5. The minimum Gasteiger partial charge on any atom is -0.490 e. The maximum atomic E-state index is 10.5. The first-order valence-electron chi connectivity index (χ1n) is 10.8. The van der Waals surface area contributed by atoms with Crippen molar-refractivity contribution in [2.45, 2.75) is 19.1 Å². The smallest absolute Gasteiger partial charge is 0.231 e. The van der Waals surface area contributed by atoms with Crippen molar-refractivity contribution in [1.29, 1.82) is 0 Å². The van der Waals surface area contributed by atoms with Crippen LogP contribution in [0.3, 0.4) is 0 Å². The second-order valence-corrected chi connectivity index (χ2v) is 8.13. The number of piperazine rings is 1. The molecule has 2 aromatic rings. The molecule has 1 fully saturated rings. The summed E-state index contributed by atoms with van der Waals surface area (Å²) in [5.41, 5.74) is 2.39. The molecule has 1 atom stereocenters. The number of ether oxygens (including phenoxy) is 3. The molecule has 0 unspecified atom stereocenters. The number of fused-ring (bicyclic) bond motifs is 1. The average Bonchev–Trinajstić information content (AvgIpc) is 3.23. The highest BCUT2D eigenvalue weighted by Gasteiger charge is 2.26. The number of nitrogens with one attached hydrogen (secondary N) is 2. The van der Waals surface area contributed by atoms with Gasteiger partial charge in [0.25, 0.3) is 0 Å². The van der Waals surface area contributed by atoms with Gasteiger partial charge in [-0.3, -0.25) is 0 Å². The number of hydrogen-bond donors (Lipinski definition) is 3. The SMILES string of the molecule is C=CCc1ccccc1OC[C@H](O)C[NH+]1CC[NH+](Cc2ccc3c(c2)OCO3)CC1. The molecule has 0 amide bonds. The van der Waals surface area contributed by atoms with Crippen molar-refractivity contribution in [2.24, 2.45) is 0 Å². The van der Waals surface area contributed by atoms with Gasteiger partial charge in [0, 0.05) is 5.56 Å². The molecule has 0 saturated carbocycles. The third kappa shape index (κ3) is 5.33. The van der Waals surface area contributed by atoms with Crippen molar-refractivity contribution in [3.63, 3.8) is 0 Å². The Bertz CT molecular complexity index is 849. The summed E-state index contributed by atoms with van der Waals surface area (Å²) in [4.78, 5) is 3.02. The first-order chi connectivity index (χ1) is 14.7. The molecule has 0 bridgehead atoms. The molecule has 0 aromatic heterocycles. The minimum atomic E-state index is -0.466. The predicted octanol–water partition coefficient (Wildman–Crippen LogP) is -0.133. The van der Waals surface area contributed by atoms with E-state index in [4.69, 9.17) is 14.2 Å². The summed E-state index contributed by atoms with van der Waals surface area (Å²) in [5, 5.41) is 10.5. The maximum Gasteiger partial charge on any atom is 0.231 e. The van der Waals surface area contributed by atoms with Crippen LogP contribution < -0.4 is 24.0 Å². The van der Waals surface area contributed by atoms with E-state index in [9.17, 15) is 5.11 Å². The molecular weight excluding hydrogens is 380 g/mol. The normalized spacial score (nSPS) is 21.2. The molecule has 6 heteroatoms. The van der Waals surface area contributed by atoms with E-state index in [0.29, 0.717) is 13.4 Å². The van der Waals surface area contributed by atoms with Crippen LogP contribution in [0.15, 0.2) is 55.1 Å². The van der Waals surface area contributed by atoms with E-state index in [1.54, 1.807) is 4.90 Å². The van der Waals surface area contributed by atoms with Gasteiger partial charge in [-0.15, -0.1) is 6.58 Å². The number of aliphatic hydroxyl groups excluding tert-OH is 1. The molecule has 2 heterocycles. The van der Waals surface area contributed by atoms with Gasteiger partial charge in [0.2, 0.25) is 6.79 Å². The van der Waals surface area contributed by atoms with Crippen LogP contribution in [0.4, 0.5) is 0 Å². The Morgan fingerprint density at radius 1 is 1.03 bits per heavy atom. The number of aliphatic hydroxyl groups is 1. The van der Waals surface area contributed by atoms with Gasteiger partial charge in [0.1, 0.15) is 57.7 Å². The van der Waals surface area contributed by atoms with Crippen LogP contribution in [-0.2, 0) is 13.0 Å². The van der Waals surface area contributed by atoms with Gasteiger partial charge in [-0.2, -0.15) is 0 Å². The quantitative estimate of drug-likeness (QED) is 0.502. The lowest BCUT2D eigenvalue weighted by Crippen LogP contribution is -3.28. The molecule has 3 N–H and O–H groups in total. The van der Waals surface area contributed by atoms with Gasteiger partial charge in [0.15, 0.2) is 11.5 Å². The molecule has 0 aliphatic carbocycles. The molecule has 160 valence electrons. The lowest BCUT2D eigenvalue weighted by Gasteiger charge is -2.30. The van der Waals surface area contributed by atoms with Crippen molar-refractivity contribution < 1.29 is 29.1 Å². The summed E-state index contributed by atoms with van der Waals surface area (Å²) in [6.45, 7) is 10.5. The van der Waals surface area contributed by atoms with E-state index >= 15 is 0 Å². The van der Waals surface area contributed by atoms with Gasteiger partial charge in [-0.05, 0) is 36.2 Å². The van der Waals surface area contributed by atoms with Crippen molar-refractivity contribution in [3.8, 4) is 17.2 Å². The Balaban J connectivity index is 1.19. The van der Waals surface area contributed by atoms with Crippen LogP contribution in [0, 0.1) is 0 Å². The van der Waals surface area contributed by atoms with Crippen molar-refractivity contribution in [3.05, 3.63) is 66.2 Å². The molecule has 2 aliphatic rings. The highest BCUT2D eigenvalue weighted by molar-refractivity contribution is 5.44. The molecule has 6 nitrogen and oxygen atoms in total. The van der Waals surface area contributed by atoms with Gasteiger partial charge in [-0.25, -0.2) is 0 Å². The van der Waals surface area contributed by atoms with Crippen LogP contribution in [0.5, 0.6) is 17.2 Å². The number of quaternary nitrogens is 2. The third-order valence-electron chi connectivity index (χ3n) is 5.85. The minimum absolute atomic E-state index is 0.319. The average molecular weight is 413 g/mol. The van der Waals surface area contributed by atoms with E-state index in [2.05, 4.69) is 18.7 Å². The summed E-state index contributed by atoms with van der Waals surface area (Å²) >= 11 is 0. The van der Waals surface area contributed by atoms with Crippen molar-refractivity contribution in [1.82, 2.24) is 0 Å². The van der Waals surface area contributed by atoms with Crippen LogP contribution in [0.25, 0.3) is 0 Å². The molecule has 0 radical (unpaired) electrons. The summed E-state index contributed by atoms with van der Waals surface area (Å²) < 4.78 is 16.8. The first-order valence-corrected chi connectivity index (χ1v) is 10.8. The molecule has 30 heavy (non-hydrogen) atoms. The molecule has 0 spiro atoms. The lowest BCUT2D eigenvalue weighted by atomic mass is 10.1. The summed E-state index contributed by atoms with van der Waals surface area (Å²) in [6, 6.07) is 14.2. The Morgan fingerprint density at radius 2 is 1.80 bits per heavy atom. The van der Waals surface area contributed by atoms with Gasteiger partial charge in [0.05, 0.1) is 0 Å². The van der Waals surface area contributed by atoms with E-state index < -0.39 is 6.10 Å². The fraction of sp³-hybridized carbons (Fsp3) is 0.417. The Kier molecular flexibility index (Phi) is 6.89. The van der Waals surface area contributed by atoms with E-state index in [0.717, 1.165) is 68.5 Å². The fourth-order valence-corrected chi connectivity index (χ4v) is 4.22. The largest absolute Gasteiger partial charge is 0.490 e. The number of benzene rings is 2. The Hall–Kier alpha value is -2.54. The Morgan fingerprint density at radius 3 is 2.63 bits per heavy atom. The Labute approximate surface area is 178 Å². The van der Waals surface area contributed by atoms with Gasteiger partial charge < -0.3 is 29.1 Å². The zero-order chi connectivity index (χ0) is 20.8. The number of hydrogen-bond acceptors (Lipinski definition) is 4. The summed E-state index contributed by atoms with van der Waals surface area (Å²) in [7, 11) is 0. The van der Waals surface area contributed by atoms with Crippen LogP contribution in [0.1, 0.15) is 11.1 Å². The predicted molar refractivity (Wildman–Crippen MR) is 114 cm³/mol. The molecule has 1 saturated heterocycles. The zero-order valence-electron chi connectivity index (χ0n) is 17.4. The molecule has 2 aromatic carbocycles. The second-order valence-electron chi connectivity index (χ2n) is 8.13. The fourth-order valence-electron chi connectivity index (χ4n) is 4.22. The lowest BCUT2D eigenvalue weighted by molar-refractivity contribution is -1.02. The zero-order valence-corrected chi connectivity index (χ0v) is 17.4. The van der Waals surface area contributed by atoms with E-state index in [1.165, 1.54) is 10.5 Å². The van der Waals surface area contributed by atoms with Crippen LogP contribution >= 0.6 is 0 Å². The second kappa shape index (κ2) is 9.98. The van der Waals surface area contributed by atoms with Gasteiger partial charge >= 0.3 is 0 Å². The highest BCUT2D eigenvalue weighted by Crippen LogP contribution is 2.32. The first kappa shape index (κ1) is 20.7. The third-order valence-corrected chi connectivity index (χ3v) is 5.85. The monoisotopic (exact) mass is 412 g/mol. The number of rotatable bonds is 9. The molecule has 2 aliphatic heterocycles. The highest BCUT2D eigenvalue weighted by atomic mass is 16.7. The molecule has 4 rings (SSSR count). The van der Waals surface area contributed by atoms with Crippen molar-refractivity contribution in [2.75, 3.05) is 46.1 Å². The standard InChI is InChI=1S/C24H30N2O4/c1-2-5-20-6-3-4-7-22(20)28-17-21(27)16-26-12-10-25(11-13-26)15-19-8-9-23-24(14-19)30-18-29-23/h2-4,6-9,14,21,27H,1,5,10-13,15-18H2/p+2/t21-/m1/s1. The summed E-state index contributed by atoms with van der Waals surface area (Å²) in [6.07, 6.45) is 2.17. The van der Waals surface area contributed by atoms with Crippen LogP contribution in [0.2, 0.25) is 0 Å². The van der Waals surface area contributed by atoms with Crippen LogP contribution in [-0.4, -0.2) is 57.3 Å². The van der Waals surface area contributed by atoms with E-state index in [1.807, 2.05) is 36.4 Å². The van der Waals surface area contributed by atoms with Crippen molar-refractivity contribution >= 4 is 0 Å². The van der Waals surface area contributed by atoms with E-state index in [-0.39, 0.29) is 0 Å². The summed E-state index contributed by atoms with van der Waals surface area (Å²) in [5.74, 6) is 2.53. The topological polar surface area (TPSA) is 56.8 Å².